The lowest BCUT2D eigenvalue weighted by Crippen LogP contribution is -3.11. The van der Waals surface area contributed by atoms with Crippen molar-refractivity contribution in [3.63, 3.8) is 0 Å². The van der Waals surface area contributed by atoms with Gasteiger partial charge >= 0.3 is 0 Å². The van der Waals surface area contributed by atoms with Gasteiger partial charge in [0.2, 0.25) is 0 Å². The van der Waals surface area contributed by atoms with Crippen LogP contribution in [0.25, 0.3) is 0 Å². The first-order chi connectivity index (χ1) is 9.62. The van der Waals surface area contributed by atoms with Crippen LogP contribution in [0.4, 0.5) is 4.79 Å². The summed E-state index contributed by atoms with van der Waals surface area (Å²) in [6.45, 7) is 10.4. The van der Waals surface area contributed by atoms with Gasteiger partial charge < -0.3 is 25.2 Å². The van der Waals surface area contributed by atoms with Crippen LogP contribution in [0.15, 0.2) is 0 Å². The zero-order chi connectivity index (χ0) is 15.6. The van der Waals surface area contributed by atoms with Gasteiger partial charge in [-0.2, -0.15) is 0 Å². The normalized spacial score (nSPS) is 9.57. The topological polar surface area (TPSA) is 76.8 Å². The van der Waals surface area contributed by atoms with Gasteiger partial charge in [-0.15, -0.1) is 12.4 Å². The third-order valence-electron chi connectivity index (χ3n) is 3.27. The molecule has 3 N–H and O–H groups in total. The van der Waals surface area contributed by atoms with Crippen molar-refractivity contribution in [2.24, 2.45) is 0 Å². The van der Waals surface area contributed by atoms with Crippen molar-refractivity contribution < 1.29 is 19.9 Å². The molecule has 0 saturated heterocycles. The molecule has 0 aliphatic heterocycles. The minimum absolute atomic E-state index is 0. The van der Waals surface area contributed by atoms with E-state index in [4.69, 9.17) is 5.11 Å². The molecule has 1 amide bonds. The summed E-state index contributed by atoms with van der Waals surface area (Å²) >= 11 is 0. The van der Waals surface area contributed by atoms with Crippen molar-refractivity contribution in [3.8, 4) is 0 Å². The average Bonchev–Trinajstić information content (AvgIpc) is 2.44. The molecule has 5 nitrogen and oxygen atoms in total. The van der Waals surface area contributed by atoms with E-state index in [-0.39, 0.29) is 12.4 Å². The minimum Gasteiger partial charge on any atom is -0.530 e. The molecule has 0 rings (SSSR count). The summed E-state index contributed by atoms with van der Waals surface area (Å²) in [5, 5.41) is 20.6. The van der Waals surface area contributed by atoms with E-state index < -0.39 is 6.09 Å². The van der Waals surface area contributed by atoms with Crippen molar-refractivity contribution in [1.82, 2.24) is 5.32 Å². The zero-order valence-corrected chi connectivity index (χ0v) is 14.8. The van der Waals surface area contributed by atoms with E-state index in [0.29, 0.717) is 13.2 Å². The van der Waals surface area contributed by atoms with Gasteiger partial charge in [-0.05, 0) is 20.3 Å². The van der Waals surface area contributed by atoms with Crippen molar-refractivity contribution in [2.45, 2.75) is 59.3 Å². The summed E-state index contributed by atoms with van der Waals surface area (Å²) in [5.74, 6) is 0. The molecule has 6 heteroatoms. The third kappa shape index (κ3) is 24.8. The fourth-order valence-electron chi connectivity index (χ4n) is 1.86. The monoisotopic (exact) mass is 326 g/mol. The second-order valence-electron chi connectivity index (χ2n) is 4.91. The van der Waals surface area contributed by atoms with Crippen LogP contribution in [-0.2, 0) is 0 Å². The SMILES string of the molecule is CCCCCCCCNC(=O)[O-].CC[NH+](CC)CCO.Cl. The molecule has 0 aliphatic rings. The molecule has 0 fully saturated rings. The summed E-state index contributed by atoms with van der Waals surface area (Å²) in [4.78, 5) is 11.4. The summed E-state index contributed by atoms with van der Waals surface area (Å²) in [6, 6.07) is 0. The number of aliphatic hydroxyl groups is 1. The number of rotatable bonds is 11. The minimum atomic E-state index is -1.16. The van der Waals surface area contributed by atoms with Gasteiger partial charge in [-0.25, -0.2) is 0 Å². The van der Waals surface area contributed by atoms with Crippen LogP contribution >= 0.6 is 12.4 Å². The van der Waals surface area contributed by atoms with Crippen molar-refractivity contribution in [3.05, 3.63) is 0 Å². The number of aliphatic hydroxyl groups excluding tert-OH is 1. The average molecular weight is 327 g/mol. The quantitative estimate of drug-likeness (QED) is 0.487. The highest BCUT2D eigenvalue weighted by atomic mass is 35.5. The lowest BCUT2D eigenvalue weighted by molar-refractivity contribution is -0.896. The van der Waals surface area contributed by atoms with Crippen molar-refractivity contribution >= 4 is 18.5 Å². The Morgan fingerprint density at radius 3 is 1.95 bits per heavy atom. The molecule has 0 heterocycles. The third-order valence-corrected chi connectivity index (χ3v) is 3.27. The number of carbonyl (C=O) groups is 1. The van der Waals surface area contributed by atoms with E-state index >= 15 is 0 Å². The van der Waals surface area contributed by atoms with E-state index in [2.05, 4.69) is 26.1 Å². The Kier molecular flexibility index (Phi) is 26.4. The molecule has 21 heavy (non-hydrogen) atoms. The highest BCUT2D eigenvalue weighted by Gasteiger charge is 1.97. The molecule has 0 bridgehead atoms. The Balaban J connectivity index is -0.000000317. The van der Waals surface area contributed by atoms with E-state index in [9.17, 15) is 9.90 Å². The highest BCUT2D eigenvalue weighted by molar-refractivity contribution is 5.85. The molecule has 0 radical (unpaired) electrons. The molecule has 0 saturated carbocycles. The second kappa shape index (κ2) is 21.8. The first-order valence-corrected chi connectivity index (χ1v) is 8.01. The largest absolute Gasteiger partial charge is 0.530 e. The van der Waals surface area contributed by atoms with Crippen LogP contribution in [0.3, 0.4) is 0 Å². The van der Waals surface area contributed by atoms with Crippen LogP contribution in [0.1, 0.15) is 59.3 Å². The lowest BCUT2D eigenvalue weighted by Gasteiger charge is -2.12. The molecule has 0 aromatic carbocycles. The zero-order valence-electron chi connectivity index (χ0n) is 14.0. The first kappa shape index (κ1) is 25.4. The fourth-order valence-corrected chi connectivity index (χ4v) is 1.86. The van der Waals surface area contributed by atoms with Gasteiger partial charge in [-0.1, -0.05) is 39.0 Å². The van der Waals surface area contributed by atoms with Gasteiger partial charge in [0.15, 0.2) is 0 Å². The molecular formula is C15H35ClN2O3. The maximum Gasteiger partial charge on any atom is 0.134 e. The first-order valence-electron chi connectivity index (χ1n) is 8.01. The van der Waals surface area contributed by atoms with E-state index in [1.165, 1.54) is 30.6 Å². The lowest BCUT2D eigenvalue weighted by atomic mass is 10.1. The Morgan fingerprint density at radius 1 is 1.05 bits per heavy atom. The molecular weight excluding hydrogens is 292 g/mol. The number of likely N-dealkylation sites (N-methyl/N-ethyl adjacent to an activating group) is 1. The van der Waals surface area contributed by atoms with E-state index in [1.54, 1.807) is 0 Å². The Hall–Kier alpha value is -0.520. The Labute approximate surface area is 136 Å². The van der Waals surface area contributed by atoms with Gasteiger partial charge in [0.05, 0.1) is 19.7 Å². The van der Waals surface area contributed by atoms with Crippen LogP contribution in [0, 0.1) is 0 Å². The number of unbranched alkanes of at least 4 members (excludes halogenated alkanes) is 5. The van der Waals surface area contributed by atoms with Crippen LogP contribution < -0.4 is 15.3 Å². The van der Waals surface area contributed by atoms with Crippen LogP contribution in [0.5, 0.6) is 0 Å². The molecule has 0 aromatic rings. The smallest absolute Gasteiger partial charge is 0.134 e. The summed E-state index contributed by atoms with van der Waals surface area (Å²) in [5.41, 5.74) is 0. The number of quaternary nitrogens is 1. The molecule has 0 unspecified atom stereocenters. The standard InChI is InChI=1S/C9H19NO2.C6H15NO.ClH/c1-2-3-4-5-6-7-8-10-9(11)12;1-3-7(4-2)5-6-8;/h10H,2-8H2,1H3,(H,11,12);8H,3-6H2,1-2H3;1H. The van der Waals surface area contributed by atoms with E-state index in [1.807, 2.05) is 0 Å². The number of carboxylic acid groups (broad SMARTS) is 1. The number of hydrogen-bond donors (Lipinski definition) is 3. The molecule has 0 atom stereocenters. The second-order valence-corrected chi connectivity index (χ2v) is 4.91. The Morgan fingerprint density at radius 2 is 1.57 bits per heavy atom. The number of nitrogens with one attached hydrogen (secondary N) is 2. The van der Waals surface area contributed by atoms with Gasteiger partial charge in [0, 0.05) is 6.54 Å². The number of halogens is 1. The maximum atomic E-state index is 9.91. The number of hydrogen-bond acceptors (Lipinski definition) is 3. The molecule has 0 spiro atoms. The maximum absolute atomic E-state index is 9.91. The van der Waals surface area contributed by atoms with Crippen LogP contribution in [-0.4, -0.2) is 44.0 Å². The predicted octanol–water partition coefficient (Wildman–Crippen LogP) is 0.605. The van der Waals surface area contributed by atoms with Crippen molar-refractivity contribution in [2.75, 3.05) is 32.8 Å². The van der Waals surface area contributed by atoms with Gasteiger partial charge in [0.1, 0.15) is 12.6 Å². The van der Waals surface area contributed by atoms with Crippen LogP contribution in [0.2, 0.25) is 0 Å². The summed E-state index contributed by atoms with van der Waals surface area (Å²) in [6.07, 6.45) is 5.89. The van der Waals surface area contributed by atoms with Gasteiger partial charge in [0.25, 0.3) is 0 Å². The highest BCUT2D eigenvalue weighted by Crippen LogP contribution is 2.03. The fraction of sp³-hybridized carbons (Fsp3) is 0.933. The summed E-state index contributed by atoms with van der Waals surface area (Å²) < 4.78 is 0. The molecule has 0 aliphatic carbocycles. The molecule has 0 aromatic heterocycles. The van der Waals surface area contributed by atoms with Gasteiger partial charge in [-0.3, -0.25) is 0 Å². The predicted molar refractivity (Wildman–Crippen MR) is 88.0 cm³/mol. The summed E-state index contributed by atoms with van der Waals surface area (Å²) in [7, 11) is 0. The Bertz CT molecular complexity index is 203. The van der Waals surface area contributed by atoms with E-state index in [0.717, 1.165) is 32.5 Å². The number of carbonyl (C=O) groups excluding carboxylic acids is 1. The van der Waals surface area contributed by atoms with Crippen molar-refractivity contribution in [1.29, 1.82) is 0 Å². The molecule has 130 valence electrons. The number of amides is 1.